The molecule has 0 fully saturated rings. The summed E-state index contributed by atoms with van der Waals surface area (Å²) in [4.78, 5) is 21.3. The summed E-state index contributed by atoms with van der Waals surface area (Å²) in [5.74, 6) is -2.06. The van der Waals surface area contributed by atoms with Crippen LogP contribution in [0.1, 0.15) is 43.7 Å². The summed E-state index contributed by atoms with van der Waals surface area (Å²) in [6.45, 7) is 1.50. The van der Waals surface area contributed by atoms with E-state index in [-0.39, 0.29) is 24.4 Å². The van der Waals surface area contributed by atoms with Gasteiger partial charge in [-0.1, -0.05) is 72.4 Å². The van der Waals surface area contributed by atoms with E-state index in [0.717, 1.165) is 0 Å². The van der Waals surface area contributed by atoms with Crippen LogP contribution in [0, 0.1) is 5.41 Å². The van der Waals surface area contributed by atoms with E-state index in [1.807, 2.05) is 0 Å². The number of carboxylic acid groups (broad SMARTS) is 2. The quantitative estimate of drug-likeness (QED) is 0.558. The summed E-state index contributed by atoms with van der Waals surface area (Å²) in [7, 11) is 0. The number of halogens is 1. The summed E-state index contributed by atoms with van der Waals surface area (Å²) < 4.78 is 0. The van der Waals surface area contributed by atoms with Gasteiger partial charge in [-0.3, -0.25) is 4.79 Å². The van der Waals surface area contributed by atoms with Gasteiger partial charge in [0.25, 0.3) is 0 Å². The van der Waals surface area contributed by atoms with Gasteiger partial charge >= 0.3 is 11.9 Å². The Balaban J connectivity index is 0.000000186. The predicted octanol–water partition coefficient (Wildman–Crippen LogP) is 6.36. The fourth-order valence-corrected chi connectivity index (χ4v) is 4.57. The van der Waals surface area contributed by atoms with Gasteiger partial charge in [0.05, 0.1) is 5.41 Å². The van der Waals surface area contributed by atoms with Crippen molar-refractivity contribution in [2.45, 2.75) is 39.0 Å². The van der Waals surface area contributed by atoms with Gasteiger partial charge in [-0.25, -0.2) is 4.79 Å². The number of carbonyl (C=O) groups is 2. The predicted molar refractivity (Wildman–Crippen MR) is 130 cm³/mol. The molecule has 166 valence electrons. The minimum atomic E-state index is -1.08. The molecule has 1 atom stereocenters. The molecule has 5 heteroatoms. The van der Waals surface area contributed by atoms with E-state index in [9.17, 15) is 9.59 Å². The highest BCUT2D eigenvalue weighted by Gasteiger charge is 2.34. The molecule has 0 spiro atoms. The number of rotatable bonds is 2. The number of aryl methyl sites for hydroxylation is 1. The fourth-order valence-electron chi connectivity index (χ4n) is 4.57. The highest BCUT2D eigenvalue weighted by molar-refractivity contribution is 5.94. The average molecular weight is 451 g/mol. The molecule has 2 aromatic rings. The van der Waals surface area contributed by atoms with Crippen LogP contribution < -0.4 is 0 Å². The van der Waals surface area contributed by atoms with E-state index < -0.39 is 17.4 Å². The van der Waals surface area contributed by atoms with Gasteiger partial charge in [-0.2, -0.15) is 0 Å². The average Bonchev–Trinajstić information content (AvgIpc) is 2.79. The van der Waals surface area contributed by atoms with Crippen LogP contribution >= 0.6 is 12.4 Å². The standard InChI is InChI=1S/C18H16.C9H10O4.ClH/c1-3-7-15-13(5-1)9-11-18-16-8-4-2-6-14(16)10-12-17(15)18;1-9(8(12)13)4-2-3-6(5-9)7(10)11;/h1,3-5,7-9,11H,2,6,10,12H2;2-4H,5H2,1H3,(H,10,11)(H,12,13);1H. The maximum absolute atomic E-state index is 10.8. The minimum absolute atomic E-state index is 0. The summed E-state index contributed by atoms with van der Waals surface area (Å²) in [5, 5.41) is 20.3. The second kappa shape index (κ2) is 9.58. The molecular weight excluding hydrogens is 424 g/mol. The number of hydrogen-bond donors (Lipinski definition) is 2. The van der Waals surface area contributed by atoms with Crippen molar-refractivity contribution < 1.29 is 19.8 Å². The van der Waals surface area contributed by atoms with Crippen LogP contribution in [0.5, 0.6) is 0 Å². The molecule has 0 aliphatic heterocycles. The maximum Gasteiger partial charge on any atom is 0.331 e. The molecular formula is C27H27ClO4. The molecule has 3 aliphatic carbocycles. The number of fused-ring (bicyclic) bond motifs is 4. The Morgan fingerprint density at radius 3 is 2.53 bits per heavy atom. The summed E-state index contributed by atoms with van der Waals surface area (Å²) in [6, 6.07) is 13.4. The molecule has 2 N–H and O–H groups in total. The first kappa shape index (κ1) is 23.6. The molecule has 0 amide bonds. The Morgan fingerprint density at radius 1 is 1.00 bits per heavy atom. The van der Waals surface area contributed by atoms with Crippen molar-refractivity contribution in [1.29, 1.82) is 0 Å². The Kier molecular flexibility index (Phi) is 7.05. The second-order valence-corrected chi connectivity index (χ2v) is 8.53. The van der Waals surface area contributed by atoms with Crippen LogP contribution in [0.2, 0.25) is 0 Å². The molecule has 1 unspecified atom stereocenters. The number of allylic oxidation sites excluding steroid dienone is 6. The minimum Gasteiger partial charge on any atom is -0.481 e. The first-order valence-corrected chi connectivity index (χ1v) is 10.6. The zero-order chi connectivity index (χ0) is 22.0. The lowest BCUT2D eigenvalue weighted by molar-refractivity contribution is -0.145. The van der Waals surface area contributed by atoms with Crippen LogP contribution in [0.4, 0.5) is 0 Å². The van der Waals surface area contributed by atoms with Crippen LogP contribution in [0.25, 0.3) is 16.3 Å². The molecule has 2 aromatic carbocycles. The first-order valence-electron chi connectivity index (χ1n) is 10.6. The number of carboxylic acids is 2. The third-order valence-corrected chi connectivity index (χ3v) is 6.37. The van der Waals surface area contributed by atoms with E-state index in [4.69, 9.17) is 10.2 Å². The van der Waals surface area contributed by atoms with Crippen molar-refractivity contribution in [2.75, 3.05) is 0 Å². The lowest BCUT2D eigenvalue weighted by atomic mass is 9.80. The van der Waals surface area contributed by atoms with Gasteiger partial charge in [-0.05, 0) is 66.5 Å². The Bertz CT molecular complexity index is 1190. The van der Waals surface area contributed by atoms with Crippen LogP contribution in [-0.4, -0.2) is 22.2 Å². The van der Waals surface area contributed by atoms with Crippen molar-refractivity contribution >= 4 is 40.7 Å². The Hall–Kier alpha value is -3.11. The summed E-state index contributed by atoms with van der Waals surface area (Å²) >= 11 is 0. The SMILES string of the molecule is C1=CC2=C(CC1)CCc1c2ccc2ccccc12.CC1(C(=O)O)C=CC=C(C(=O)O)C1.Cl. The number of aliphatic carboxylic acids is 2. The fraction of sp³-hybridized carbons (Fsp3) is 0.259. The highest BCUT2D eigenvalue weighted by atomic mass is 35.5. The van der Waals surface area contributed by atoms with Gasteiger partial charge in [0.15, 0.2) is 0 Å². The Labute approximate surface area is 194 Å². The molecule has 3 aliphatic rings. The van der Waals surface area contributed by atoms with Crippen LogP contribution in [0.3, 0.4) is 0 Å². The van der Waals surface area contributed by atoms with Gasteiger partial charge in [-0.15, -0.1) is 12.4 Å². The highest BCUT2D eigenvalue weighted by Crippen LogP contribution is 2.39. The van der Waals surface area contributed by atoms with E-state index >= 15 is 0 Å². The normalized spacial score (nSPS) is 20.8. The van der Waals surface area contributed by atoms with Crippen LogP contribution in [0.15, 0.2) is 77.9 Å². The smallest absolute Gasteiger partial charge is 0.331 e. The molecule has 0 radical (unpaired) electrons. The third kappa shape index (κ3) is 4.56. The molecule has 4 nitrogen and oxygen atoms in total. The first-order chi connectivity index (χ1) is 14.9. The lowest BCUT2D eigenvalue weighted by Gasteiger charge is -2.25. The third-order valence-electron chi connectivity index (χ3n) is 6.37. The largest absolute Gasteiger partial charge is 0.481 e. The topological polar surface area (TPSA) is 74.6 Å². The molecule has 0 saturated carbocycles. The van der Waals surface area contributed by atoms with Gasteiger partial charge in [0.2, 0.25) is 0 Å². The summed E-state index contributed by atoms with van der Waals surface area (Å²) in [6.07, 6.45) is 14.0. The number of hydrogen-bond acceptors (Lipinski definition) is 2. The van der Waals surface area contributed by atoms with Gasteiger partial charge in [0, 0.05) is 5.57 Å². The van der Waals surface area contributed by atoms with E-state index in [1.165, 1.54) is 72.7 Å². The van der Waals surface area contributed by atoms with Crippen molar-refractivity contribution in [3.8, 4) is 0 Å². The van der Waals surface area contributed by atoms with Crippen molar-refractivity contribution in [2.24, 2.45) is 5.41 Å². The zero-order valence-corrected chi connectivity index (χ0v) is 18.8. The van der Waals surface area contributed by atoms with Crippen LogP contribution in [-0.2, 0) is 16.0 Å². The zero-order valence-electron chi connectivity index (χ0n) is 18.0. The second-order valence-electron chi connectivity index (χ2n) is 8.53. The number of benzene rings is 2. The molecule has 32 heavy (non-hydrogen) atoms. The maximum atomic E-state index is 10.8. The van der Waals surface area contributed by atoms with Crippen molar-refractivity contribution in [3.05, 3.63) is 89.1 Å². The van der Waals surface area contributed by atoms with Gasteiger partial charge in [0.1, 0.15) is 0 Å². The summed E-state index contributed by atoms with van der Waals surface area (Å²) in [5.41, 5.74) is 5.26. The Morgan fingerprint density at radius 2 is 1.78 bits per heavy atom. The molecule has 0 heterocycles. The monoisotopic (exact) mass is 450 g/mol. The van der Waals surface area contributed by atoms with Crippen molar-refractivity contribution in [1.82, 2.24) is 0 Å². The molecule has 0 bridgehead atoms. The molecule has 0 aromatic heterocycles. The molecule has 5 rings (SSSR count). The van der Waals surface area contributed by atoms with Gasteiger partial charge < -0.3 is 10.2 Å². The lowest BCUT2D eigenvalue weighted by Crippen LogP contribution is -2.28. The van der Waals surface area contributed by atoms with E-state index in [1.54, 1.807) is 11.1 Å². The van der Waals surface area contributed by atoms with E-state index in [2.05, 4.69) is 48.6 Å². The molecule has 0 saturated heterocycles. The van der Waals surface area contributed by atoms with E-state index in [0.29, 0.717) is 0 Å². The van der Waals surface area contributed by atoms with Crippen molar-refractivity contribution in [3.63, 3.8) is 0 Å².